The Hall–Kier alpha value is -3.44. The first-order chi connectivity index (χ1) is 21.1. The number of hydrogen-bond donors (Lipinski definition) is 4. The van der Waals surface area contributed by atoms with Gasteiger partial charge in [0, 0.05) is 13.1 Å². The third-order valence-corrected chi connectivity index (χ3v) is 9.41. The maximum atomic E-state index is 14.3. The summed E-state index contributed by atoms with van der Waals surface area (Å²) in [6, 6.07) is -4.62. The lowest BCUT2D eigenvalue weighted by Gasteiger charge is -2.38. The highest BCUT2D eigenvalue weighted by Crippen LogP contribution is 2.65. The van der Waals surface area contributed by atoms with Crippen LogP contribution in [0.4, 0.5) is 4.79 Å². The maximum absolute atomic E-state index is 14.3. The second-order valence-electron chi connectivity index (χ2n) is 16.2. The van der Waals surface area contributed by atoms with Crippen molar-refractivity contribution >= 4 is 35.5 Å². The molecule has 2 saturated carbocycles. The molecule has 0 aromatic carbocycles. The van der Waals surface area contributed by atoms with E-state index >= 15 is 0 Å². The van der Waals surface area contributed by atoms with Crippen LogP contribution in [0, 0.1) is 34.0 Å². The van der Waals surface area contributed by atoms with E-state index < -0.39 is 70.5 Å². The molecule has 1 aliphatic heterocycles. The van der Waals surface area contributed by atoms with Crippen molar-refractivity contribution in [2.75, 3.05) is 13.1 Å². The Balaban J connectivity index is 1.83. The number of rotatable bonds is 13. The lowest BCUT2D eigenvalue weighted by molar-refractivity contribution is -0.152. The summed E-state index contributed by atoms with van der Waals surface area (Å²) >= 11 is 0. The zero-order valence-electron chi connectivity index (χ0n) is 29.2. The molecule has 3 rings (SSSR count). The molecule has 0 aromatic rings. The molecule has 4 N–H and O–H groups in total. The quantitative estimate of drug-likeness (QED) is 0.136. The van der Waals surface area contributed by atoms with E-state index in [1.165, 1.54) is 11.0 Å². The monoisotopic (exact) mass is 645 g/mol. The zero-order valence-corrected chi connectivity index (χ0v) is 29.2. The Morgan fingerprint density at radius 1 is 0.935 bits per heavy atom. The van der Waals surface area contributed by atoms with Crippen LogP contribution in [0.25, 0.3) is 0 Å². The van der Waals surface area contributed by atoms with E-state index in [1.807, 2.05) is 20.8 Å². The molecule has 258 valence electrons. The van der Waals surface area contributed by atoms with Gasteiger partial charge in [0.2, 0.25) is 17.6 Å². The van der Waals surface area contributed by atoms with E-state index in [9.17, 15) is 28.8 Å². The van der Waals surface area contributed by atoms with Crippen LogP contribution >= 0.6 is 0 Å². The molecule has 1 heterocycles. The van der Waals surface area contributed by atoms with Crippen molar-refractivity contribution in [2.24, 2.45) is 34.0 Å². The first-order valence-electron chi connectivity index (χ1n) is 16.4. The molecule has 3 aliphatic rings. The minimum Gasteiger partial charge on any atom is -0.461 e. The van der Waals surface area contributed by atoms with E-state index in [0.29, 0.717) is 13.0 Å². The number of ether oxygens (including phenoxy) is 1. The fourth-order valence-electron chi connectivity index (χ4n) is 6.45. The van der Waals surface area contributed by atoms with Crippen molar-refractivity contribution in [1.29, 1.82) is 0 Å². The van der Waals surface area contributed by atoms with E-state index in [0.717, 1.165) is 12.8 Å². The van der Waals surface area contributed by atoms with Crippen LogP contribution in [0.15, 0.2) is 12.7 Å². The van der Waals surface area contributed by atoms with Crippen LogP contribution < -0.4 is 21.3 Å². The largest absolute Gasteiger partial charge is 0.461 e. The van der Waals surface area contributed by atoms with Crippen molar-refractivity contribution < 1.29 is 33.5 Å². The summed E-state index contributed by atoms with van der Waals surface area (Å²) in [6.07, 6.45) is 3.29. The number of likely N-dealkylation sites (tertiary alicyclic amines) is 1. The van der Waals surface area contributed by atoms with E-state index in [1.54, 1.807) is 34.6 Å². The van der Waals surface area contributed by atoms with Crippen LogP contribution in [-0.4, -0.2) is 83.8 Å². The summed E-state index contributed by atoms with van der Waals surface area (Å²) in [5, 5.41) is 10.8. The van der Waals surface area contributed by atoms with E-state index in [2.05, 4.69) is 41.7 Å². The molecular formula is C34H55N5O7. The second-order valence-corrected chi connectivity index (χ2v) is 16.2. The van der Waals surface area contributed by atoms with Crippen LogP contribution in [0.5, 0.6) is 0 Å². The molecular weight excluding hydrogens is 590 g/mol. The lowest BCUT2D eigenvalue weighted by atomic mass is 9.85. The van der Waals surface area contributed by atoms with Gasteiger partial charge in [0.15, 0.2) is 0 Å². The summed E-state index contributed by atoms with van der Waals surface area (Å²) in [5.41, 5.74) is -1.64. The minimum atomic E-state index is -1.04. The molecule has 2 aliphatic carbocycles. The number of ketones is 1. The molecule has 1 saturated heterocycles. The van der Waals surface area contributed by atoms with Gasteiger partial charge in [-0.3, -0.25) is 19.2 Å². The molecule has 1 unspecified atom stereocenters. The van der Waals surface area contributed by atoms with Gasteiger partial charge in [-0.25, -0.2) is 9.59 Å². The number of carbonyl (C=O) groups excluding carboxylic acids is 6. The first kappa shape index (κ1) is 37.0. The molecule has 0 radical (unpaired) electrons. The van der Waals surface area contributed by atoms with Gasteiger partial charge in [-0.05, 0) is 54.3 Å². The molecule has 6 atom stereocenters. The Labute approximate surface area is 273 Å². The number of amides is 5. The molecule has 46 heavy (non-hydrogen) atoms. The lowest BCUT2D eigenvalue weighted by Crippen LogP contribution is -2.62. The zero-order chi connectivity index (χ0) is 34.9. The number of Topliss-reactive ketones (excluding diaryl/α,β-unsaturated/α-hetero) is 1. The van der Waals surface area contributed by atoms with Crippen molar-refractivity contribution in [1.82, 2.24) is 26.2 Å². The molecule has 12 heteroatoms. The minimum absolute atomic E-state index is 0.0613. The van der Waals surface area contributed by atoms with Gasteiger partial charge in [-0.15, -0.1) is 6.58 Å². The summed E-state index contributed by atoms with van der Waals surface area (Å²) in [7, 11) is 0. The topological polar surface area (TPSA) is 163 Å². The van der Waals surface area contributed by atoms with Gasteiger partial charge in [-0.1, -0.05) is 74.3 Å². The fourth-order valence-corrected chi connectivity index (χ4v) is 6.45. The molecule has 12 nitrogen and oxygen atoms in total. The predicted octanol–water partition coefficient (Wildman–Crippen LogP) is 2.71. The van der Waals surface area contributed by atoms with Crippen molar-refractivity contribution in [2.45, 2.75) is 119 Å². The predicted molar refractivity (Wildman–Crippen MR) is 173 cm³/mol. The molecule has 3 fully saturated rings. The van der Waals surface area contributed by atoms with Crippen LogP contribution in [-0.2, 0) is 28.7 Å². The van der Waals surface area contributed by atoms with Crippen LogP contribution in [0.2, 0.25) is 0 Å². The normalized spacial score (nSPS) is 23.7. The molecule has 0 spiro atoms. The van der Waals surface area contributed by atoms with Gasteiger partial charge in [-0.2, -0.15) is 0 Å². The first-order valence-corrected chi connectivity index (χ1v) is 16.4. The third-order valence-electron chi connectivity index (χ3n) is 9.41. The summed E-state index contributed by atoms with van der Waals surface area (Å²) in [5.74, 6) is -2.85. The number of fused-ring (bicyclic) bond motifs is 1. The molecule has 5 amide bonds. The van der Waals surface area contributed by atoms with Crippen molar-refractivity contribution in [3.05, 3.63) is 12.7 Å². The van der Waals surface area contributed by atoms with Gasteiger partial charge in [0.1, 0.15) is 18.1 Å². The van der Waals surface area contributed by atoms with Crippen molar-refractivity contribution in [3.8, 4) is 0 Å². The van der Waals surface area contributed by atoms with Crippen LogP contribution in [0.1, 0.15) is 88.5 Å². The highest BCUT2D eigenvalue weighted by Gasteiger charge is 2.70. The Morgan fingerprint density at radius 2 is 1.50 bits per heavy atom. The van der Waals surface area contributed by atoms with Crippen molar-refractivity contribution in [3.63, 3.8) is 0 Å². The number of nitrogens with one attached hydrogen (secondary N) is 4. The number of esters is 1. The van der Waals surface area contributed by atoms with Gasteiger partial charge >= 0.3 is 12.0 Å². The number of nitrogens with zero attached hydrogens (tertiary/aromatic N) is 1. The van der Waals surface area contributed by atoms with Gasteiger partial charge in [0.05, 0.1) is 12.1 Å². The average molecular weight is 646 g/mol. The SMILES string of the molecule is C=CCNC(=O)C(=O)C(CC1CC1)NC(=O)[C@@H]1[C@@H]2[C@H](CN1C(=O)[C@@H](NC(=O)N[C@H](C(=O)OC(C)C)C(C)(C)C)C(C)(C)C)C2(C)C. The Kier molecular flexibility index (Phi) is 11.1. The summed E-state index contributed by atoms with van der Waals surface area (Å²) < 4.78 is 5.37. The number of carbonyl (C=O) groups is 6. The standard InChI is InChI=1S/C34H55N5O7/c1-12-15-35-28(42)24(40)21(16-19-13-14-19)36-27(41)23-22-20(34(22,10)11)17-39(23)29(43)25(32(4,5)6)37-31(45)38-26(33(7,8)9)30(44)46-18(2)3/h12,18-23,25-26H,1,13-17H2,2-11H3,(H,35,42)(H,36,41)(H2,37,38,45)/t20-,21?,22-,23-,25+,26+/m0/s1. The summed E-state index contributed by atoms with van der Waals surface area (Å²) in [4.78, 5) is 81.6. The Bertz CT molecular complexity index is 1230. The van der Waals surface area contributed by atoms with Gasteiger partial charge < -0.3 is 30.9 Å². The van der Waals surface area contributed by atoms with E-state index in [4.69, 9.17) is 4.74 Å². The van der Waals surface area contributed by atoms with Crippen LogP contribution in [0.3, 0.4) is 0 Å². The van der Waals surface area contributed by atoms with Gasteiger partial charge in [0.25, 0.3) is 5.91 Å². The molecule has 0 bridgehead atoms. The fraction of sp³-hybridized carbons (Fsp3) is 0.765. The Morgan fingerprint density at radius 3 is 2.00 bits per heavy atom. The highest BCUT2D eigenvalue weighted by molar-refractivity contribution is 6.38. The summed E-state index contributed by atoms with van der Waals surface area (Å²) in [6.45, 7) is 22.4. The second kappa shape index (κ2) is 13.7. The van der Waals surface area contributed by atoms with E-state index in [-0.39, 0.29) is 35.8 Å². The number of piperidine rings is 1. The third kappa shape index (κ3) is 8.67. The molecule has 0 aromatic heterocycles. The average Bonchev–Trinajstić information content (AvgIpc) is 3.77. The maximum Gasteiger partial charge on any atom is 0.329 e. The highest BCUT2D eigenvalue weighted by atomic mass is 16.5. The number of hydrogen-bond acceptors (Lipinski definition) is 7. The smallest absolute Gasteiger partial charge is 0.329 e. The number of urea groups is 1.